The van der Waals surface area contributed by atoms with Crippen molar-refractivity contribution in [1.82, 2.24) is 14.7 Å². The summed E-state index contributed by atoms with van der Waals surface area (Å²) in [5.74, 6) is -1.07. The number of urea groups is 1. The molecule has 2 amide bonds. The summed E-state index contributed by atoms with van der Waals surface area (Å²) in [4.78, 5) is 13.9. The van der Waals surface area contributed by atoms with Crippen molar-refractivity contribution >= 4 is 11.7 Å². The number of alkyl halides is 3. The van der Waals surface area contributed by atoms with E-state index >= 15 is 0 Å². The second-order valence-electron chi connectivity index (χ2n) is 6.18. The first-order valence-corrected chi connectivity index (χ1v) is 8.34. The monoisotopic (exact) mass is 386 g/mol. The second kappa shape index (κ2) is 7.95. The predicted molar refractivity (Wildman–Crippen MR) is 88.6 cm³/mol. The zero-order chi connectivity index (χ0) is 19.4. The Labute approximate surface area is 152 Å². The quantitative estimate of drug-likeness (QED) is 0.823. The van der Waals surface area contributed by atoms with E-state index in [1.165, 1.54) is 4.90 Å². The lowest BCUT2D eigenvalue weighted by atomic mass is 10.2. The van der Waals surface area contributed by atoms with Crippen LogP contribution in [-0.4, -0.2) is 46.5 Å². The summed E-state index contributed by atoms with van der Waals surface area (Å²) in [7, 11) is 0. The summed E-state index contributed by atoms with van der Waals surface area (Å²) in [6, 6.07) is 3.10. The molecule has 27 heavy (non-hydrogen) atoms. The van der Waals surface area contributed by atoms with E-state index in [2.05, 4.69) is 10.4 Å². The van der Waals surface area contributed by atoms with Gasteiger partial charge in [0.05, 0.1) is 24.8 Å². The highest BCUT2D eigenvalue weighted by atomic mass is 19.4. The number of ether oxygens (including phenoxy) is 1. The summed E-state index contributed by atoms with van der Waals surface area (Å²) in [6.07, 6.45) is -1.03. The molecule has 0 spiro atoms. The number of anilines is 1. The Hall–Kier alpha value is -2.62. The van der Waals surface area contributed by atoms with Gasteiger partial charge in [-0.15, -0.1) is 0 Å². The van der Waals surface area contributed by atoms with E-state index in [4.69, 9.17) is 4.74 Å². The number of amides is 2. The van der Waals surface area contributed by atoms with Crippen LogP contribution in [0.4, 0.5) is 28.0 Å². The first-order chi connectivity index (χ1) is 12.8. The Balaban J connectivity index is 1.68. The third-order valence-corrected chi connectivity index (χ3v) is 4.06. The Kier molecular flexibility index (Phi) is 5.64. The minimum Gasteiger partial charge on any atom is -0.374 e. The predicted octanol–water partition coefficient (Wildman–Crippen LogP) is 3.36. The van der Waals surface area contributed by atoms with E-state index in [0.717, 1.165) is 6.07 Å². The highest BCUT2D eigenvalue weighted by molar-refractivity contribution is 5.89. The molecule has 6 nitrogen and oxygen atoms in total. The van der Waals surface area contributed by atoms with Crippen molar-refractivity contribution in [2.45, 2.75) is 25.2 Å². The van der Waals surface area contributed by atoms with E-state index in [-0.39, 0.29) is 18.3 Å². The molecule has 0 radical (unpaired) electrons. The Morgan fingerprint density at radius 1 is 1.33 bits per heavy atom. The third-order valence-electron chi connectivity index (χ3n) is 4.06. The van der Waals surface area contributed by atoms with E-state index in [1.54, 1.807) is 23.1 Å². The van der Waals surface area contributed by atoms with Crippen LogP contribution < -0.4 is 5.32 Å². The van der Waals surface area contributed by atoms with E-state index < -0.39 is 23.6 Å². The molecule has 146 valence electrons. The molecule has 2 heterocycles. The van der Waals surface area contributed by atoms with Crippen LogP contribution in [0, 0.1) is 5.82 Å². The number of benzene rings is 1. The lowest BCUT2D eigenvalue weighted by molar-refractivity contribution is -0.137. The molecular weight excluding hydrogens is 368 g/mol. The molecule has 0 bridgehead atoms. The van der Waals surface area contributed by atoms with Gasteiger partial charge in [-0.1, -0.05) is 0 Å². The molecule has 1 aliphatic heterocycles. The molecule has 0 aliphatic carbocycles. The molecule has 2 aromatic rings. The van der Waals surface area contributed by atoms with Gasteiger partial charge >= 0.3 is 12.2 Å². The fourth-order valence-corrected chi connectivity index (χ4v) is 2.84. The van der Waals surface area contributed by atoms with Crippen molar-refractivity contribution in [3.63, 3.8) is 0 Å². The molecule has 1 atom stereocenters. The maximum atomic E-state index is 13.5. The third kappa shape index (κ3) is 5.19. The number of rotatable bonds is 3. The summed E-state index contributed by atoms with van der Waals surface area (Å²) in [5.41, 5.74) is -1.41. The zero-order valence-electron chi connectivity index (χ0n) is 14.2. The largest absolute Gasteiger partial charge is 0.416 e. The van der Waals surface area contributed by atoms with Crippen molar-refractivity contribution in [2.75, 3.05) is 25.0 Å². The molecule has 10 heteroatoms. The van der Waals surface area contributed by atoms with Gasteiger partial charge < -0.3 is 15.0 Å². The van der Waals surface area contributed by atoms with Gasteiger partial charge in [0.25, 0.3) is 0 Å². The summed E-state index contributed by atoms with van der Waals surface area (Å²) < 4.78 is 59.3. The van der Waals surface area contributed by atoms with Crippen LogP contribution in [0.25, 0.3) is 0 Å². The molecule has 1 aromatic heterocycles. The molecule has 1 unspecified atom stereocenters. The highest BCUT2D eigenvalue weighted by Gasteiger charge is 2.32. The lowest BCUT2D eigenvalue weighted by Crippen LogP contribution is -2.41. The number of carbonyl (C=O) groups excluding carboxylic acids is 1. The number of nitrogens with zero attached hydrogens (tertiary/aromatic N) is 3. The second-order valence-corrected chi connectivity index (χ2v) is 6.18. The molecule has 1 aromatic carbocycles. The topological polar surface area (TPSA) is 59.4 Å². The molecule has 1 fully saturated rings. The van der Waals surface area contributed by atoms with Crippen molar-refractivity contribution in [2.24, 2.45) is 0 Å². The van der Waals surface area contributed by atoms with Gasteiger partial charge in [-0.2, -0.15) is 18.3 Å². The van der Waals surface area contributed by atoms with Crippen molar-refractivity contribution in [3.05, 3.63) is 48.0 Å². The Bertz CT molecular complexity index is 780. The van der Waals surface area contributed by atoms with Crippen LogP contribution in [0.5, 0.6) is 0 Å². The molecular formula is C17H18F4N4O2. The van der Waals surface area contributed by atoms with E-state index in [9.17, 15) is 22.4 Å². The molecule has 1 aliphatic rings. The fourth-order valence-electron chi connectivity index (χ4n) is 2.84. The van der Waals surface area contributed by atoms with Crippen LogP contribution in [0.2, 0.25) is 0 Å². The number of nitrogens with one attached hydrogen (secondary N) is 1. The molecule has 0 saturated carbocycles. The summed E-state index contributed by atoms with van der Waals surface area (Å²) in [6.45, 7) is 1.51. The number of hydrogen-bond acceptors (Lipinski definition) is 3. The maximum Gasteiger partial charge on any atom is 0.416 e. The minimum absolute atomic E-state index is 0.243. The molecule has 3 rings (SSSR count). The van der Waals surface area contributed by atoms with Gasteiger partial charge in [0, 0.05) is 31.2 Å². The highest BCUT2D eigenvalue weighted by Crippen LogP contribution is 2.31. The first kappa shape index (κ1) is 19.2. The van der Waals surface area contributed by atoms with Crippen LogP contribution in [-0.2, 0) is 17.5 Å². The van der Waals surface area contributed by atoms with Crippen LogP contribution in [0.3, 0.4) is 0 Å². The van der Waals surface area contributed by atoms with Crippen molar-refractivity contribution in [1.29, 1.82) is 0 Å². The van der Waals surface area contributed by atoms with Gasteiger partial charge in [0.15, 0.2) is 0 Å². The molecule has 1 N–H and O–H groups in total. The van der Waals surface area contributed by atoms with Crippen LogP contribution in [0.15, 0.2) is 36.7 Å². The summed E-state index contributed by atoms with van der Waals surface area (Å²) in [5, 5.41) is 6.43. The Morgan fingerprint density at radius 3 is 2.85 bits per heavy atom. The standard InChI is InChI=1S/C17H18F4N4O2/c18-13-7-12(17(19,20)21)8-14(9-13)23-16(26)24-4-2-6-27-15(10-24)11-25-5-1-3-22-25/h1,3,5,7-9,15H,2,4,6,10-11H2,(H,23,26). The average Bonchev–Trinajstić information content (AvgIpc) is 2.97. The number of halogens is 4. The van der Waals surface area contributed by atoms with E-state index in [0.29, 0.717) is 38.2 Å². The van der Waals surface area contributed by atoms with Gasteiger partial charge in [-0.3, -0.25) is 4.68 Å². The van der Waals surface area contributed by atoms with Gasteiger partial charge in [-0.05, 0) is 30.7 Å². The van der Waals surface area contributed by atoms with Gasteiger partial charge in [-0.25, -0.2) is 9.18 Å². The zero-order valence-corrected chi connectivity index (χ0v) is 14.2. The summed E-state index contributed by atoms with van der Waals surface area (Å²) >= 11 is 0. The normalized spacial score (nSPS) is 18.2. The Morgan fingerprint density at radius 2 is 2.15 bits per heavy atom. The minimum atomic E-state index is -4.70. The van der Waals surface area contributed by atoms with Gasteiger partial charge in [0.2, 0.25) is 0 Å². The number of carbonyl (C=O) groups is 1. The number of aromatic nitrogens is 2. The smallest absolute Gasteiger partial charge is 0.374 e. The fraction of sp³-hybridized carbons (Fsp3) is 0.412. The first-order valence-electron chi connectivity index (χ1n) is 8.34. The SMILES string of the molecule is O=C(Nc1cc(F)cc(C(F)(F)F)c1)N1CCCOC(Cn2cccn2)C1. The van der Waals surface area contributed by atoms with Crippen molar-refractivity contribution in [3.8, 4) is 0 Å². The lowest BCUT2D eigenvalue weighted by Gasteiger charge is -2.24. The maximum absolute atomic E-state index is 13.5. The van der Waals surface area contributed by atoms with Crippen molar-refractivity contribution < 1.29 is 27.1 Å². The molecule has 1 saturated heterocycles. The number of hydrogen-bond donors (Lipinski definition) is 1. The van der Waals surface area contributed by atoms with Gasteiger partial charge in [0.1, 0.15) is 5.82 Å². The average molecular weight is 386 g/mol. The van der Waals surface area contributed by atoms with Crippen LogP contribution in [0.1, 0.15) is 12.0 Å². The van der Waals surface area contributed by atoms with E-state index in [1.807, 2.05) is 0 Å². The van der Waals surface area contributed by atoms with Crippen LogP contribution >= 0.6 is 0 Å².